The molecule has 0 amide bonds. The third-order valence-corrected chi connectivity index (χ3v) is 5.87. The number of para-hydroxylation sites is 1. The third-order valence-electron chi connectivity index (χ3n) is 5.87. The molecule has 0 bridgehead atoms. The summed E-state index contributed by atoms with van der Waals surface area (Å²) in [5.41, 5.74) is 5.66. The molecule has 0 radical (unpaired) electrons. The summed E-state index contributed by atoms with van der Waals surface area (Å²) in [7, 11) is 1.61. The topological polar surface area (TPSA) is 70.5 Å². The van der Waals surface area contributed by atoms with Gasteiger partial charge in [-0.3, -0.25) is 0 Å². The van der Waals surface area contributed by atoms with Crippen LogP contribution in [0, 0.1) is 5.82 Å². The van der Waals surface area contributed by atoms with E-state index in [1.54, 1.807) is 19.2 Å². The van der Waals surface area contributed by atoms with Crippen molar-refractivity contribution in [3.8, 4) is 34.0 Å². The van der Waals surface area contributed by atoms with Gasteiger partial charge in [0.2, 0.25) is 0 Å². The Morgan fingerprint density at radius 2 is 1.79 bits per heavy atom. The predicted molar refractivity (Wildman–Crippen MR) is 126 cm³/mol. The van der Waals surface area contributed by atoms with Crippen molar-refractivity contribution < 1.29 is 14.2 Å². The van der Waals surface area contributed by atoms with Crippen LogP contribution in [0.1, 0.15) is 5.56 Å². The summed E-state index contributed by atoms with van der Waals surface area (Å²) in [6, 6.07) is 21.7. The zero-order valence-corrected chi connectivity index (χ0v) is 17.6. The third kappa shape index (κ3) is 3.15. The maximum atomic E-state index is 13.6. The Bertz CT molecular complexity index is 1670. The summed E-state index contributed by atoms with van der Waals surface area (Å²) in [4.78, 5) is 12.7. The van der Waals surface area contributed by atoms with Gasteiger partial charge in [-0.2, -0.15) is 0 Å². The number of methoxy groups -OCH3 is 1. The Labute approximate surface area is 188 Å². The monoisotopic (exact) mass is 435 g/mol. The number of hydrogen-bond donors (Lipinski definition) is 2. The molecule has 0 saturated carbocycles. The van der Waals surface area contributed by atoms with E-state index in [9.17, 15) is 9.50 Å². The van der Waals surface area contributed by atoms with Gasteiger partial charge in [0, 0.05) is 33.2 Å². The number of halogens is 1. The lowest BCUT2D eigenvalue weighted by atomic mass is 10.0. The van der Waals surface area contributed by atoms with Crippen LogP contribution in [0.15, 0.2) is 77.8 Å². The number of rotatable bonds is 3. The van der Waals surface area contributed by atoms with Crippen LogP contribution in [-0.4, -0.2) is 22.2 Å². The average molecular weight is 435 g/mol. The summed E-state index contributed by atoms with van der Waals surface area (Å²) in [5, 5.41) is 12.8. The highest BCUT2D eigenvalue weighted by atomic mass is 19.1. The molecule has 1 aliphatic heterocycles. The number of ether oxygens (including phenoxy) is 1. The first-order chi connectivity index (χ1) is 16.1. The Balaban J connectivity index is 1.64. The fourth-order valence-electron chi connectivity index (χ4n) is 4.28. The number of H-pyrrole nitrogens is 1. The molecule has 33 heavy (non-hydrogen) atoms. The number of aromatic amines is 1. The predicted octanol–water partition coefficient (Wildman–Crippen LogP) is 4.84. The number of aromatic hydroxyl groups is 1. The van der Waals surface area contributed by atoms with Crippen LogP contribution in [-0.2, 0) is 0 Å². The highest BCUT2D eigenvalue weighted by Crippen LogP contribution is 2.34. The minimum absolute atomic E-state index is 0.0500. The van der Waals surface area contributed by atoms with E-state index in [-0.39, 0.29) is 11.7 Å². The molecule has 0 fully saturated rings. The summed E-state index contributed by atoms with van der Waals surface area (Å²) in [6.45, 7) is 0. The van der Waals surface area contributed by atoms with Crippen molar-refractivity contribution in [3.63, 3.8) is 0 Å². The van der Waals surface area contributed by atoms with Crippen LogP contribution >= 0.6 is 0 Å². The van der Waals surface area contributed by atoms with Crippen LogP contribution < -0.4 is 15.4 Å². The summed E-state index contributed by atoms with van der Waals surface area (Å²) >= 11 is 0. The van der Waals surface area contributed by atoms with Crippen LogP contribution in [0.3, 0.4) is 0 Å². The highest BCUT2D eigenvalue weighted by molar-refractivity contribution is 5.93. The standard InChI is InChI=1S/C27H18FN3O2/c1-33-18-10-11-24-20(14-18)22(27(32)31-24)13-17-12-21-19-4-2-3-5-23(19)30-26(21)25(29-17)15-6-8-16(28)9-7-15/h2-14,31-32H,1H3/b17-13-. The van der Waals surface area contributed by atoms with E-state index >= 15 is 0 Å². The van der Waals surface area contributed by atoms with Gasteiger partial charge in [-0.1, -0.05) is 18.2 Å². The van der Waals surface area contributed by atoms with Gasteiger partial charge < -0.3 is 14.8 Å². The highest BCUT2D eigenvalue weighted by Gasteiger charge is 2.18. The van der Waals surface area contributed by atoms with Gasteiger partial charge in [0.05, 0.1) is 29.2 Å². The lowest BCUT2D eigenvalue weighted by molar-refractivity contribution is 0.415. The van der Waals surface area contributed by atoms with Gasteiger partial charge >= 0.3 is 0 Å². The van der Waals surface area contributed by atoms with Crippen LogP contribution in [0.25, 0.3) is 39.4 Å². The molecule has 2 aromatic heterocycles. The van der Waals surface area contributed by atoms with Gasteiger partial charge in [-0.05, 0) is 60.7 Å². The van der Waals surface area contributed by atoms with Gasteiger partial charge in [0.1, 0.15) is 11.6 Å². The number of pyridine rings is 1. The van der Waals surface area contributed by atoms with Crippen molar-refractivity contribution in [2.45, 2.75) is 0 Å². The Kier molecular flexibility index (Phi) is 4.26. The van der Waals surface area contributed by atoms with Crippen molar-refractivity contribution in [3.05, 3.63) is 94.9 Å². The number of nitrogens with one attached hydrogen (secondary N) is 1. The summed E-state index contributed by atoms with van der Waals surface area (Å²) < 4.78 is 18.9. The van der Waals surface area contributed by atoms with Gasteiger partial charge in [0.15, 0.2) is 5.88 Å². The van der Waals surface area contributed by atoms with Crippen molar-refractivity contribution in [2.24, 2.45) is 4.99 Å². The molecular formula is C27H18FN3O2. The van der Waals surface area contributed by atoms with E-state index in [2.05, 4.69) is 4.98 Å². The second kappa shape index (κ2) is 7.31. The van der Waals surface area contributed by atoms with E-state index in [0.717, 1.165) is 38.6 Å². The van der Waals surface area contributed by atoms with E-state index in [4.69, 9.17) is 14.7 Å². The van der Waals surface area contributed by atoms with E-state index in [1.807, 2.05) is 54.6 Å². The Morgan fingerprint density at radius 3 is 2.61 bits per heavy atom. The van der Waals surface area contributed by atoms with Crippen molar-refractivity contribution in [1.82, 2.24) is 9.97 Å². The molecular weight excluding hydrogens is 417 g/mol. The fourth-order valence-corrected chi connectivity index (χ4v) is 4.28. The average Bonchev–Trinajstić information content (AvgIpc) is 3.36. The molecule has 0 atom stereocenters. The first-order valence-electron chi connectivity index (χ1n) is 10.5. The molecule has 1 aliphatic rings. The number of hydrogen-bond acceptors (Lipinski definition) is 4. The largest absolute Gasteiger partial charge is 0.497 e. The molecule has 3 aromatic carbocycles. The zero-order chi connectivity index (χ0) is 22.5. The molecule has 6 rings (SSSR count). The van der Waals surface area contributed by atoms with Crippen LogP contribution in [0.5, 0.6) is 11.6 Å². The lowest BCUT2D eigenvalue weighted by Gasteiger charge is -2.05. The van der Waals surface area contributed by atoms with Crippen molar-refractivity contribution >= 4 is 22.7 Å². The summed E-state index contributed by atoms with van der Waals surface area (Å²) in [5.74, 6) is 0.433. The second-order valence-electron chi connectivity index (χ2n) is 7.87. The molecule has 3 heterocycles. The molecule has 0 saturated heterocycles. The minimum atomic E-state index is -0.309. The number of aromatic nitrogens is 2. The van der Waals surface area contributed by atoms with Crippen molar-refractivity contribution in [2.75, 3.05) is 7.11 Å². The minimum Gasteiger partial charge on any atom is -0.497 e. The van der Waals surface area contributed by atoms with Gasteiger partial charge in [0.25, 0.3) is 0 Å². The normalized spacial score (nSPS) is 12.5. The second-order valence-corrected chi connectivity index (χ2v) is 7.87. The molecule has 6 heteroatoms. The summed E-state index contributed by atoms with van der Waals surface area (Å²) in [6.07, 6.45) is 1.84. The molecule has 0 aliphatic carbocycles. The van der Waals surface area contributed by atoms with E-state index in [1.165, 1.54) is 12.1 Å². The molecule has 5 aromatic rings. The van der Waals surface area contributed by atoms with E-state index in [0.29, 0.717) is 22.4 Å². The Hall–Kier alpha value is -4.45. The maximum Gasteiger partial charge on any atom is 0.196 e. The quantitative estimate of drug-likeness (QED) is 0.418. The number of benzene rings is 3. The fraction of sp³-hybridized carbons (Fsp3) is 0.0370. The first-order valence-corrected chi connectivity index (χ1v) is 10.5. The zero-order valence-electron chi connectivity index (χ0n) is 17.6. The molecule has 160 valence electrons. The number of fused-ring (bicyclic) bond motifs is 4. The van der Waals surface area contributed by atoms with E-state index < -0.39 is 0 Å². The first kappa shape index (κ1) is 19.3. The van der Waals surface area contributed by atoms with Crippen LogP contribution in [0.4, 0.5) is 10.1 Å². The van der Waals surface area contributed by atoms with Gasteiger partial charge in [-0.15, -0.1) is 0 Å². The lowest BCUT2D eigenvalue weighted by Crippen LogP contribution is -2.19. The molecule has 5 nitrogen and oxygen atoms in total. The smallest absolute Gasteiger partial charge is 0.196 e. The Morgan fingerprint density at radius 1 is 0.970 bits per heavy atom. The molecule has 0 spiro atoms. The number of nitrogens with zero attached hydrogens (tertiary/aromatic N) is 2. The maximum absolute atomic E-state index is 13.6. The molecule has 2 N–H and O–H groups in total. The van der Waals surface area contributed by atoms with Crippen LogP contribution in [0.2, 0.25) is 0 Å². The SMILES string of the molecule is COc1ccc2[nH]c(O)c(/C=c3/cc4c(c(-c5ccc(F)cc5)n3)=Nc3ccccc3-4)c2c1. The van der Waals surface area contributed by atoms with Gasteiger partial charge in [-0.25, -0.2) is 14.4 Å². The molecule has 0 unspecified atom stereocenters. The van der Waals surface area contributed by atoms with Crippen molar-refractivity contribution in [1.29, 1.82) is 0 Å².